The number of aromatic amines is 1. The molecule has 78 valence electrons. The summed E-state index contributed by atoms with van der Waals surface area (Å²) < 4.78 is 0. The van der Waals surface area contributed by atoms with Gasteiger partial charge in [0.1, 0.15) is 5.82 Å². The second-order valence-corrected chi connectivity index (χ2v) is 3.36. The second-order valence-electron chi connectivity index (χ2n) is 3.36. The number of aliphatic carboxylic acids is 1. The number of carbonyl (C=O) groups is 1. The van der Waals surface area contributed by atoms with Crippen molar-refractivity contribution in [2.24, 2.45) is 0 Å². The number of carboxylic acid groups (broad SMARTS) is 1. The van der Waals surface area contributed by atoms with Gasteiger partial charge in [-0.25, -0.2) is 4.98 Å². The van der Waals surface area contributed by atoms with Crippen LogP contribution in [0.25, 0.3) is 0 Å². The third kappa shape index (κ3) is 2.87. The molecule has 4 nitrogen and oxygen atoms in total. The SMILES string of the molecule is CCc1nc(CCCC(=O)O)[nH]c1C. The molecule has 0 amide bonds. The zero-order valence-corrected chi connectivity index (χ0v) is 8.63. The van der Waals surface area contributed by atoms with Crippen LogP contribution in [0.3, 0.4) is 0 Å². The van der Waals surface area contributed by atoms with E-state index in [-0.39, 0.29) is 6.42 Å². The van der Waals surface area contributed by atoms with Crippen molar-refractivity contribution in [2.75, 3.05) is 0 Å². The van der Waals surface area contributed by atoms with Gasteiger partial charge in [-0.2, -0.15) is 0 Å². The minimum atomic E-state index is -0.746. The molecule has 1 aromatic heterocycles. The minimum absolute atomic E-state index is 0.210. The lowest BCUT2D eigenvalue weighted by Crippen LogP contribution is -1.97. The van der Waals surface area contributed by atoms with Crippen molar-refractivity contribution in [3.63, 3.8) is 0 Å². The third-order valence-electron chi connectivity index (χ3n) is 2.17. The molecule has 0 radical (unpaired) electrons. The maximum Gasteiger partial charge on any atom is 0.303 e. The smallest absolute Gasteiger partial charge is 0.303 e. The van der Waals surface area contributed by atoms with Gasteiger partial charge in [-0.3, -0.25) is 4.79 Å². The van der Waals surface area contributed by atoms with Crippen molar-refractivity contribution in [2.45, 2.75) is 39.5 Å². The van der Waals surface area contributed by atoms with E-state index in [9.17, 15) is 4.79 Å². The average molecular weight is 196 g/mol. The van der Waals surface area contributed by atoms with Crippen LogP contribution in [0.1, 0.15) is 37.0 Å². The van der Waals surface area contributed by atoms with Crippen LogP contribution < -0.4 is 0 Å². The predicted molar refractivity (Wildman–Crippen MR) is 53.3 cm³/mol. The van der Waals surface area contributed by atoms with E-state index in [4.69, 9.17) is 5.11 Å². The molecule has 0 saturated heterocycles. The van der Waals surface area contributed by atoms with Crippen LogP contribution in [0.2, 0.25) is 0 Å². The van der Waals surface area contributed by atoms with E-state index < -0.39 is 5.97 Å². The van der Waals surface area contributed by atoms with Gasteiger partial charge in [0.25, 0.3) is 0 Å². The molecule has 0 atom stereocenters. The van der Waals surface area contributed by atoms with Crippen molar-refractivity contribution in [3.8, 4) is 0 Å². The molecule has 0 unspecified atom stereocenters. The van der Waals surface area contributed by atoms with Gasteiger partial charge in [0.2, 0.25) is 0 Å². The molecule has 4 heteroatoms. The highest BCUT2D eigenvalue weighted by Crippen LogP contribution is 2.07. The van der Waals surface area contributed by atoms with Gasteiger partial charge in [0.05, 0.1) is 5.69 Å². The summed E-state index contributed by atoms with van der Waals surface area (Å²) in [7, 11) is 0. The molecule has 0 saturated carbocycles. The van der Waals surface area contributed by atoms with Gasteiger partial charge in [0, 0.05) is 18.5 Å². The van der Waals surface area contributed by atoms with E-state index in [1.54, 1.807) is 0 Å². The summed E-state index contributed by atoms with van der Waals surface area (Å²) in [5.41, 5.74) is 2.17. The van der Waals surface area contributed by atoms with E-state index in [0.717, 1.165) is 23.6 Å². The first-order valence-electron chi connectivity index (χ1n) is 4.89. The monoisotopic (exact) mass is 196 g/mol. The molecule has 0 bridgehead atoms. The number of nitrogens with one attached hydrogen (secondary N) is 1. The summed E-state index contributed by atoms with van der Waals surface area (Å²) in [6.45, 7) is 4.05. The highest BCUT2D eigenvalue weighted by Gasteiger charge is 2.05. The molecule has 0 aromatic carbocycles. The van der Waals surface area contributed by atoms with Crippen molar-refractivity contribution in [3.05, 3.63) is 17.2 Å². The van der Waals surface area contributed by atoms with Gasteiger partial charge in [0.15, 0.2) is 0 Å². The van der Waals surface area contributed by atoms with Gasteiger partial charge in [-0.05, 0) is 19.8 Å². The van der Waals surface area contributed by atoms with Crippen molar-refractivity contribution < 1.29 is 9.90 Å². The lowest BCUT2D eigenvalue weighted by molar-refractivity contribution is -0.137. The minimum Gasteiger partial charge on any atom is -0.481 e. The normalized spacial score (nSPS) is 10.4. The zero-order chi connectivity index (χ0) is 10.6. The van der Waals surface area contributed by atoms with Crippen LogP contribution >= 0.6 is 0 Å². The fourth-order valence-electron chi connectivity index (χ4n) is 1.43. The Hall–Kier alpha value is -1.32. The quantitative estimate of drug-likeness (QED) is 0.753. The summed E-state index contributed by atoms with van der Waals surface area (Å²) in [6.07, 6.45) is 2.49. The molecule has 0 aliphatic heterocycles. The standard InChI is InChI=1S/C10H16N2O2/c1-3-8-7(2)11-9(12-8)5-4-6-10(13)14/h3-6H2,1-2H3,(H,11,12)(H,13,14). The molecule has 0 spiro atoms. The van der Waals surface area contributed by atoms with E-state index in [1.807, 2.05) is 6.92 Å². The first kappa shape index (κ1) is 10.8. The molecular weight excluding hydrogens is 180 g/mol. The molecule has 0 aliphatic carbocycles. The van der Waals surface area contributed by atoms with E-state index in [0.29, 0.717) is 12.8 Å². The topological polar surface area (TPSA) is 66.0 Å². The number of aryl methyl sites for hydroxylation is 3. The Bertz CT molecular complexity index is 318. The Kier molecular flexibility index (Phi) is 3.68. The van der Waals surface area contributed by atoms with Crippen LogP contribution in [0, 0.1) is 6.92 Å². The van der Waals surface area contributed by atoms with E-state index in [2.05, 4.69) is 16.9 Å². The summed E-state index contributed by atoms with van der Waals surface area (Å²) >= 11 is 0. The number of nitrogens with zero attached hydrogens (tertiary/aromatic N) is 1. The maximum absolute atomic E-state index is 10.3. The molecule has 0 fully saturated rings. The Morgan fingerprint density at radius 2 is 2.29 bits per heavy atom. The fraction of sp³-hybridized carbons (Fsp3) is 0.600. The molecule has 1 heterocycles. The third-order valence-corrected chi connectivity index (χ3v) is 2.17. The molecule has 14 heavy (non-hydrogen) atoms. The number of imidazole rings is 1. The highest BCUT2D eigenvalue weighted by atomic mass is 16.4. The van der Waals surface area contributed by atoms with Crippen LogP contribution in [-0.4, -0.2) is 21.0 Å². The molecule has 0 aliphatic rings. The first-order chi connectivity index (χ1) is 6.63. The summed E-state index contributed by atoms with van der Waals surface area (Å²) in [5.74, 6) is 0.157. The van der Waals surface area contributed by atoms with Crippen LogP contribution in [0.4, 0.5) is 0 Å². The zero-order valence-electron chi connectivity index (χ0n) is 8.63. The fourth-order valence-corrected chi connectivity index (χ4v) is 1.43. The summed E-state index contributed by atoms with van der Waals surface area (Å²) in [5, 5.41) is 8.47. The number of aromatic nitrogens is 2. The first-order valence-corrected chi connectivity index (χ1v) is 4.89. The Balaban J connectivity index is 2.47. The van der Waals surface area contributed by atoms with Crippen LogP contribution in [-0.2, 0) is 17.6 Å². The second kappa shape index (κ2) is 4.79. The van der Waals surface area contributed by atoms with Crippen molar-refractivity contribution in [1.82, 2.24) is 9.97 Å². The van der Waals surface area contributed by atoms with Crippen LogP contribution in [0.15, 0.2) is 0 Å². The van der Waals surface area contributed by atoms with Gasteiger partial charge in [-0.1, -0.05) is 6.92 Å². The Morgan fingerprint density at radius 1 is 1.57 bits per heavy atom. The molecule has 2 N–H and O–H groups in total. The molecule has 1 aromatic rings. The Morgan fingerprint density at radius 3 is 2.79 bits per heavy atom. The Labute approximate surface area is 83.4 Å². The van der Waals surface area contributed by atoms with Gasteiger partial charge < -0.3 is 10.1 Å². The van der Waals surface area contributed by atoms with Crippen LogP contribution in [0.5, 0.6) is 0 Å². The average Bonchev–Trinajstić information content (AvgIpc) is 2.45. The van der Waals surface area contributed by atoms with E-state index in [1.165, 1.54) is 0 Å². The largest absolute Gasteiger partial charge is 0.481 e. The molecular formula is C10H16N2O2. The number of carboxylic acids is 1. The van der Waals surface area contributed by atoms with E-state index >= 15 is 0 Å². The van der Waals surface area contributed by atoms with Crippen molar-refractivity contribution >= 4 is 5.97 Å². The summed E-state index contributed by atoms with van der Waals surface area (Å²) in [4.78, 5) is 17.8. The number of hydrogen-bond acceptors (Lipinski definition) is 2. The number of rotatable bonds is 5. The van der Waals surface area contributed by atoms with Gasteiger partial charge in [-0.15, -0.1) is 0 Å². The van der Waals surface area contributed by atoms with Gasteiger partial charge >= 0.3 is 5.97 Å². The number of H-pyrrole nitrogens is 1. The number of hydrogen-bond donors (Lipinski definition) is 2. The highest BCUT2D eigenvalue weighted by molar-refractivity contribution is 5.66. The lowest BCUT2D eigenvalue weighted by atomic mass is 10.2. The molecule has 1 rings (SSSR count). The maximum atomic E-state index is 10.3. The lowest BCUT2D eigenvalue weighted by Gasteiger charge is -1.93. The van der Waals surface area contributed by atoms with Crippen molar-refractivity contribution in [1.29, 1.82) is 0 Å². The predicted octanol–water partition coefficient (Wildman–Crippen LogP) is 1.69. The summed E-state index contributed by atoms with van der Waals surface area (Å²) in [6, 6.07) is 0.